The van der Waals surface area contributed by atoms with Crippen LogP contribution in [0.4, 0.5) is 0 Å². The third-order valence-corrected chi connectivity index (χ3v) is 4.32. The highest BCUT2D eigenvalue weighted by Crippen LogP contribution is 2.30. The van der Waals surface area contributed by atoms with Gasteiger partial charge in [0, 0.05) is 30.2 Å². The summed E-state index contributed by atoms with van der Waals surface area (Å²) in [7, 11) is 0. The Hall–Kier alpha value is -0.420. The summed E-state index contributed by atoms with van der Waals surface area (Å²) in [4.78, 5) is 2.46. The summed E-state index contributed by atoms with van der Waals surface area (Å²) >= 11 is 3.65. The molecule has 106 valence electrons. The van der Waals surface area contributed by atoms with Crippen LogP contribution in [0.1, 0.15) is 31.9 Å². The minimum absolute atomic E-state index is 0.0870. The third-order valence-electron chi connectivity index (χ3n) is 3.60. The lowest BCUT2D eigenvalue weighted by Gasteiger charge is -2.35. The van der Waals surface area contributed by atoms with Crippen LogP contribution in [0.25, 0.3) is 0 Å². The van der Waals surface area contributed by atoms with Gasteiger partial charge in [-0.1, -0.05) is 34.1 Å². The fraction of sp³-hybridized carbons (Fsp3) is 0.600. The van der Waals surface area contributed by atoms with Crippen molar-refractivity contribution in [3.63, 3.8) is 0 Å². The Morgan fingerprint density at radius 3 is 2.84 bits per heavy atom. The molecule has 1 saturated heterocycles. The van der Waals surface area contributed by atoms with Crippen LogP contribution >= 0.6 is 15.9 Å². The van der Waals surface area contributed by atoms with Crippen LogP contribution < -0.4 is 5.73 Å². The van der Waals surface area contributed by atoms with Crippen molar-refractivity contribution in [1.82, 2.24) is 4.90 Å². The molecule has 0 saturated carbocycles. The van der Waals surface area contributed by atoms with Crippen molar-refractivity contribution in [1.29, 1.82) is 0 Å². The molecule has 3 nitrogen and oxygen atoms in total. The molecule has 4 heteroatoms. The second-order valence-corrected chi connectivity index (χ2v) is 6.21. The topological polar surface area (TPSA) is 38.5 Å². The van der Waals surface area contributed by atoms with E-state index >= 15 is 0 Å². The molecule has 19 heavy (non-hydrogen) atoms. The smallest absolute Gasteiger partial charge is 0.0674 e. The van der Waals surface area contributed by atoms with E-state index in [1.165, 1.54) is 5.56 Å². The first kappa shape index (κ1) is 15.0. The van der Waals surface area contributed by atoms with Crippen LogP contribution in [0.3, 0.4) is 0 Å². The van der Waals surface area contributed by atoms with Gasteiger partial charge < -0.3 is 10.5 Å². The maximum Gasteiger partial charge on any atom is 0.0674 e. The molecule has 2 rings (SSSR count). The van der Waals surface area contributed by atoms with E-state index in [0.717, 1.165) is 30.6 Å². The van der Waals surface area contributed by atoms with Crippen LogP contribution in [0.5, 0.6) is 0 Å². The summed E-state index contributed by atoms with van der Waals surface area (Å²) in [6.45, 7) is 7.04. The molecule has 0 radical (unpaired) electrons. The van der Waals surface area contributed by atoms with E-state index in [2.05, 4.69) is 52.9 Å². The van der Waals surface area contributed by atoms with Gasteiger partial charge in [-0.05, 0) is 31.9 Å². The Labute approximate surface area is 124 Å². The van der Waals surface area contributed by atoms with Gasteiger partial charge in [0.2, 0.25) is 0 Å². The number of halogens is 1. The first-order valence-corrected chi connectivity index (χ1v) is 7.74. The molecule has 1 aliphatic heterocycles. The number of nitrogens with zero attached hydrogens (tertiary/aromatic N) is 1. The molecule has 3 atom stereocenters. The molecule has 0 bridgehead atoms. The van der Waals surface area contributed by atoms with Crippen LogP contribution in [0.2, 0.25) is 0 Å². The van der Waals surface area contributed by atoms with Crippen LogP contribution in [-0.4, -0.2) is 36.7 Å². The van der Waals surface area contributed by atoms with E-state index in [9.17, 15) is 0 Å². The number of benzene rings is 1. The largest absolute Gasteiger partial charge is 0.377 e. The van der Waals surface area contributed by atoms with Crippen molar-refractivity contribution < 1.29 is 4.74 Å². The van der Waals surface area contributed by atoms with E-state index in [1.54, 1.807) is 0 Å². The number of hydrogen-bond donors (Lipinski definition) is 1. The van der Waals surface area contributed by atoms with E-state index in [1.807, 2.05) is 6.07 Å². The zero-order valence-corrected chi connectivity index (χ0v) is 13.3. The van der Waals surface area contributed by atoms with Crippen molar-refractivity contribution >= 4 is 15.9 Å². The highest BCUT2D eigenvalue weighted by Gasteiger charge is 2.28. The first-order chi connectivity index (χ1) is 9.09. The number of hydrogen-bond acceptors (Lipinski definition) is 3. The van der Waals surface area contributed by atoms with Crippen LogP contribution in [0.15, 0.2) is 28.7 Å². The summed E-state index contributed by atoms with van der Waals surface area (Å²) < 4.78 is 6.87. The van der Waals surface area contributed by atoms with Gasteiger partial charge in [-0.15, -0.1) is 0 Å². The van der Waals surface area contributed by atoms with Crippen molar-refractivity contribution in [3.8, 4) is 0 Å². The molecule has 0 amide bonds. The fourth-order valence-electron chi connectivity index (χ4n) is 2.81. The summed E-state index contributed by atoms with van der Waals surface area (Å²) in [5.74, 6) is 0. The molecular formula is C15H23BrN2O. The molecule has 0 spiro atoms. The second kappa shape index (κ2) is 6.84. The lowest BCUT2D eigenvalue weighted by molar-refractivity contribution is 0.0582. The second-order valence-electron chi connectivity index (χ2n) is 5.36. The lowest BCUT2D eigenvalue weighted by atomic mass is 9.98. The highest BCUT2D eigenvalue weighted by atomic mass is 79.9. The highest BCUT2D eigenvalue weighted by molar-refractivity contribution is 9.10. The quantitative estimate of drug-likeness (QED) is 0.928. The summed E-state index contributed by atoms with van der Waals surface area (Å²) in [6, 6.07) is 8.69. The fourth-order valence-corrected chi connectivity index (χ4v) is 3.33. The van der Waals surface area contributed by atoms with E-state index < -0.39 is 0 Å². The minimum atomic E-state index is 0.0870. The Balaban J connectivity index is 2.27. The van der Waals surface area contributed by atoms with Crippen molar-refractivity contribution in [2.75, 3.05) is 19.7 Å². The molecule has 1 aliphatic rings. The molecule has 0 aliphatic carbocycles. The standard InChI is InChI=1S/C15H23BrN2O/c1-11-10-18(8-5-9-19-11)15(12(2)17)13-6-3-4-7-14(13)16/h3-4,6-7,11-12,15H,5,8-10,17H2,1-2H3. The van der Waals surface area contributed by atoms with Gasteiger partial charge in [-0.2, -0.15) is 0 Å². The zero-order chi connectivity index (χ0) is 13.8. The molecule has 0 aromatic heterocycles. The molecule has 2 N–H and O–H groups in total. The zero-order valence-electron chi connectivity index (χ0n) is 11.7. The number of ether oxygens (including phenoxy) is 1. The molecule has 1 fully saturated rings. The average molecular weight is 327 g/mol. The third kappa shape index (κ3) is 3.78. The van der Waals surface area contributed by atoms with Gasteiger partial charge in [0.05, 0.1) is 12.1 Å². The Morgan fingerprint density at radius 1 is 1.42 bits per heavy atom. The molecule has 1 aromatic carbocycles. The number of nitrogens with two attached hydrogens (primary N) is 1. The van der Waals surface area contributed by atoms with Gasteiger partial charge in [-0.25, -0.2) is 0 Å². The molecule has 3 unspecified atom stereocenters. The summed E-state index contributed by atoms with van der Waals surface area (Å²) in [5.41, 5.74) is 7.53. The predicted molar refractivity (Wildman–Crippen MR) is 82.1 cm³/mol. The van der Waals surface area contributed by atoms with Crippen molar-refractivity contribution in [2.24, 2.45) is 5.73 Å². The van der Waals surface area contributed by atoms with Gasteiger partial charge in [0.1, 0.15) is 0 Å². The summed E-state index contributed by atoms with van der Waals surface area (Å²) in [6.07, 6.45) is 1.34. The minimum Gasteiger partial charge on any atom is -0.377 e. The predicted octanol–water partition coefficient (Wildman–Crippen LogP) is 2.95. The Bertz CT molecular complexity index is 411. The van der Waals surface area contributed by atoms with Gasteiger partial charge >= 0.3 is 0 Å². The van der Waals surface area contributed by atoms with E-state index in [-0.39, 0.29) is 18.2 Å². The monoisotopic (exact) mass is 326 g/mol. The summed E-state index contributed by atoms with van der Waals surface area (Å²) in [5, 5.41) is 0. The van der Waals surface area contributed by atoms with Gasteiger partial charge in [-0.3, -0.25) is 4.90 Å². The molecule has 1 heterocycles. The molecule has 1 aromatic rings. The average Bonchev–Trinajstić information content (AvgIpc) is 2.56. The van der Waals surface area contributed by atoms with E-state index in [0.29, 0.717) is 0 Å². The maximum absolute atomic E-state index is 6.26. The van der Waals surface area contributed by atoms with Crippen molar-refractivity contribution in [2.45, 2.75) is 38.5 Å². The van der Waals surface area contributed by atoms with Crippen LogP contribution in [-0.2, 0) is 4.74 Å². The van der Waals surface area contributed by atoms with Gasteiger partial charge in [0.25, 0.3) is 0 Å². The molecular weight excluding hydrogens is 304 g/mol. The maximum atomic E-state index is 6.26. The SMILES string of the molecule is CC1CN(C(c2ccccc2Br)C(C)N)CCCO1. The van der Waals surface area contributed by atoms with Gasteiger partial charge in [0.15, 0.2) is 0 Å². The Morgan fingerprint density at radius 2 is 2.16 bits per heavy atom. The first-order valence-electron chi connectivity index (χ1n) is 6.95. The van der Waals surface area contributed by atoms with E-state index in [4.69, 9.17) is 10.5 Å². The normalized spacial score (nSPS) is 24.7. The Kier molecular flexibility index (Phi) is 5.39. The van der Waals surface area contributed by atoms with Crippen LogP contribution in [0, 0.1) is 0 Å². The lowest BCUT2D eigenvalue weighted by Crippen LogP contribution is -2.42. The number of rotatable bonds is 3. The van der Waals surface area contributed by atoms with Crippen molar-refractivity contribution in [3.05, 3.63) is 34.3 Å².